The van der Waals surface area contributed by atoms with E-state index in [1.165, 1.54) is 17.9 Å². The van der Waals surface area contributed by atoms with Crippen molar-refractivity contribution < 1.29 is 18.8 Å². The number of benzene rings is 2. The summed E-state index contributed by atoms with van der Waals surface area (Å²) in [5.41, 5.74) is 1.49. The number of anilines is 1. The van der Waals surface area contributed by atoms with Crippen LogP contribution in [0.4, 0.5) is 10.1 Å². The van der Waals surface area contributed by atoms with Gasteiger partial charge in [0.15, 0.2) is 0 Å². The zero-order valence-corrected chi connectivity index (χ0v) is 15.8. The lowest BCUT2D eigenvalue weighted by atomic mass is 10.0. The summed E-state index contributed by atoms with van der Waals surface area (Å²) in [6.45, 7) is 2.22. The predicted molar refractivity (Wildman–Crippen MR) is 103 cm³/mol. The first-order valence-corrected chi connectivity index (χ1v) is 9.20. The second-order valence-electron chi connectivity index (χ2n) is 6.85. The van der Waals surface area contributed by atoms with Gasteiger partial charge in [-0.3, -0.25) is 14.4 Å². The molecule has 0 saturated carbocycles. The lowest BCUT2D eigenvalue weighted by molar-refractivity contribution is -0.133. The third-order valence-corrected chi connectivity index (χ3v) is 5.37. The van der Waals surface area contributed by atoms with E-state index in [0.29, 0.717) is 28.9 Å². The Morgan fingerprint density at radius 3 is 2.64 bits per heavy atom. The van der Waals surface area contributed by atoms with E-state index in [2.05, 4.69) is 5.32 Å². The van der Waals surface area contributed by atoms with Gasteiger partial charge in [-0.1, -0.05) is 17.7 Å². The summed E-state index contributed by atoms with van der Waals surface area (Å²) in [6, 6.07) is 8.39. The number of carbonyl (C=O) groups is 3. The van der Waals surface area contributed by atoms with E-state index >= 15 is 0 Å². The van der Waals surface area contributed by atoms with Gasteiger partial charge >= 0.3 is 0 Å². The molecule has 3 amide bonds. The topological polar surface area (TPSA) is 69.7 Å². The Morgan fingerprint density at radius 1 is 1.14 bits per heavy atom. The van der Waals surface area contributed by atoms with Gasteiger partial charge in [0, 0.05) is 30.6 Å². The molecular formula is C20H17ClFN3O3. The summed E-state index contributed by atoms with van der Waals surface area (Å²) in [7, 11) is 0. The molecule has 2 aromatic rings. The minimum atomic E-state index is -0.756. The monoisotopic (exact) mass is 401 g/mol. The molecule has 8 heteroatoms. The fourth-order valence-corrected chi connectivity index (χ4v) is 3.79. The largest absolute Gasteiger partial charge is 0.339 e. The Labute approximate surface area is 165 Å². The normalized spacial score (nSPS) is 18.9. The molecule has 0 spiro atoms. The summed E-state index contributed by atoms with van der Waals surface area (Å²) in [4.78, 5) is 40.5. The van der Waals surface area contributed by atoms with E-state index in [1.54, 1.807) is 35.2 Å². The Bertz CT molecular complexity index is 1010. The average Bonchev–Trinajstić information content (AvgIpc) is 2.76. The van der Waals surface area contributed by atoms with Crippen molar-refractivity contribution in [1.82, 2.24) is 9.80 Å². The van der Waals surface area contributed by atoms with Gasteiger partial charge in [0.05, 0.1) is 17.8 Å². The van der Waals surface area contributed by atoms with Gasteiger partial charge in [0.1, 0.15) is 11.9 Å². The first-order valence-electron chi connectivity index (χ1n) is 8.82. The Balaban J connectivity index is 1.73. The summed E-state index contributed by atoms with van der Waals surface area (Å²) in [5, 5.41) is 3.04. The minimum Gasteiger partial charge on any atom is -0.339 e. The standard InChI is InChI=1S/C20H17ClFN3O3/c1-11(26)24-6-7-25-18(10-24)19(27)23-17-5-2-12(8-15(17)20(25)28)14-4-3-13(21)9-16(14)22/h2-5,8-9,18H,6-7,10H2,1H3,(H,23,27). The molecule has 2 aliphatic rings. The maximum absolute atomic E-state index is 14.3. The Kier molecular flexibility index (Phi) is 4.55. The molecule has 144 valence electrons. The van der Waals surface area contributed by atoms with Crippen LogP contribution in [0.15, 0.2) is 36.4 Å². The molecule has 2 aromatic carbocycles. The van der Waals surface area contributed by atoms with Crippen molar-refractivity contribution in [3.8, 4) is 11.1 Å². The van der Waals surface area contributed by atoms with E-state index < -0.39 is 11.9 Å². The van der Waals surface area contributed by atoms with Crippen LogP contribution in [0, 0.1) is 5.82 Å². The molecule has 1 N–H and O–H groups in total. The van der Waals surface area contributed by atoms with E-state index in [9.17, 15) is 18.8 Å². The number of rotatable bonds is 1. The third-order valence-electron chi connectivity index (χ3n) is 5.14. The molecule has 28 heavy (non-hydrogen) atoms. The van der Waals surface area contributed by atoms with Gasteiger partial charge in [-0.25, -0.2) is 4.39 Å². The molecule has 1 unspecified atom stereocenters. The van der Waals surface area contributed by atoms with Gasteiger partial charge in [-0.15, -0.1) is 0 Å². The molecule has 0 bridgehead atoms. The highest BCUT2D eigenvalue weighted by Crippen LogP contribution is 2.32. The van der Waals surface area contributed by atoms with Crippen molar-refractivity contribution in [2.75, 3.05) is 25.0 Å². The van der Waals surface area contributed by atoms with Crippen LogP contribution in [-0.2, 0) is 9.59 Å². The average molecular weight is 402 g/mol. The SMILES string of the molecule is CC(=O)N1CCN2C(=O)c3cc(-c4ccc(Cl)cc4F)ccc3NC(=O)C2C1. The van der Waals surface area contributed by atoms with Crippen molar-refractivity contribution in [2.24, 2.45) is 0 Å². The molecule has 2 aliphatic heterocycles. The van der Waals surface area contributed by atoms with Gasteiger partial charge in [0.25, 0.3) is 5.91 Å². The van der Waals surface area contributed by atoms with Crippen molar-refractivity contribution >= 4 is 35.0 Å². The molecule has 0 aromatic heterocycles. The number of amides is 3. The number of nitrogens with zero attached hydrogens (tertiary/aromatic N) is 2. The smallest absolute Gasteiger partial charge is 0.256 e. The summed E-state index contributed by atoms with van der Waals surface area (Å²) >= 11 is 5.81. The van der Waals surface area contributed by atoms with Crippen LogP contribution in [0.1, 0.15) is 17.3 Å². The predicted octanol–water partition coefficient (Wildman–Crippen LogP) is 2.77. The second-order valence-corrected chi connectivity index (χ2v) is 7.29. The van der Waals surface area contributed by atoms with E-state index in [1.807, 2.05) is 0 Å². The van der Waals surface area contributed by atoms with Crippen LogP contribution < -0.4 is 5.32 Å². The van der Waals surface area contributed by atoms with Crippen molar-refractivity contribution in [1.29, 1.82) is 0 Å². The van der Waals surface area contributed by atoms with Crippen LogP contribution in [0.25, 0.3) is 11.1 Å². The molecule has 1 fully saturated rings. The summed E-state index contributed by atoms with van der Waals surface area (Å²) in [5.74, 6) is -1.30. The number of fused-ring (bicyclic) bond motifs is 2. The first-order chi connectivity index (χ1) is 13.3. The molecular weight excluding hydrogens is 385 g/mol. The maximum atomic E-state index is 14.3. The van der Waals surface area contributed by atoms with Crippen LogP contribution in [-0.4, -0.2) is 53.2 Å². The third kappa shape index (κ3) is 3.11. The quantitative estimate of drug-likeness (QED) is 0.798. The van der Waals surface area contributed by atoms with E-state index in [4.69, 9.17) is 11.6 Å². The number of nitrogens with one attached hydrogen (secondary N) is 1. The molecule has 0 radical (unpaired) electrons. The van der Waals surface area contributed by atoms with Crippen molar-refractivity contribution in [3.05, 3.63) is 52.8 Å². The van der Waals surface area contributed by atoms with Crippen LogP contribution in [0.2, 0.25) is 5.02 Å². The molecule has 0 aliphatic carbocycles. The lowest BCUT2D eigenvalue weighted by Gasteiger charge is -2.38. The van der Waals surface area contributed by atoms with Crippen LogP contribution in [0.5, 0.6) is 0 Å². The Morgan fingerprint density at radius 2 is 1.93 bits per heavy atom. The van der Waals surface area contributed by atoms with E-state index in [-0.39, 0.29) is 35.8 Å². The van der Waals surface area contributed by atoms with E-state index in [0.717, 1.165) is 0 Å². The molecule has 6 nitrogen and oxygen atoms in total. The maximum Gasteiger partial charge on any atom is 0.256 e. The fourth-order valence-electron chi connectivity index (χ4n) is 3.63. The van der Waals surface area contributed by atoms with Crippen LogP contribution in [0.3, 0.4) is 0 Å². The van der Waals surface area contributed by atoms with Gasteiger partial charge in [-0.05, 0) is 35.9 Å². The van der Waals surface area contributed by atoms with Crippen molar-refractivity contribution in [3.63, 3.8) is 0 Å². The molecule has 1 atom stereocenters. The summed E-state index contributed by atoms with van der Waals surface area (Å²) < 4.78 is 14.3. The van der Waals surface area contributed by atoms with Gasteiger partial charge in [-0.2, -0.15) is 0 Å². The van der Waals surface area contributed by atoms with Gasteiger partial charge < -0.3 is 15.1 Å². The zero-order valence-electron chi connectivity index (χ0n) is 15.0. The highest BCUT2D eigenvalue weighted by atomic mass is 35.5. The van der Waals surface area contributed by atoms with Crippen LogP contribution >= 0.6 is 11.6 Å². The Hall–Kier alpha value is -2.93. The second kappa shape index (κ2) is 6.91. The minimum absolute atomic E-state index is 0.137. The fraction of sp³-hybridized carbons (Fsp3) is 0.250. The van der Waals surface area contributed by atoms with Gasteiger partial charge in [0.2, 0.25) is 11.8 Å². The summed E-state index contributed by atoms with van der Waals surface area (Å²) in [6.07, 6.45) is 0. The highest BCUT2D eigenvalue weighted by molar-refractivity contribution is 6.30. The highest BCUT2D eigenvalue weighted by Gasteiger charge is 2.39. The lowest BCUT2D eigenvalue weighted by Crippen LogP contribution is -2.59. The molecule has 2 heterocycles. The molecule has 4 rings (SSSR count). The number of carbonyl (C=O) groups excluding carboxylic acids is 3. The number of hydrogen-bond donors (Lipinski definition) is 1. The zero-order chi connectivity index (χ0) is 20.0. The molecule has 1 saturated heterocycles. The number of hydrogen-bond acceptors (Lipinski definition) is 3. The number of halogens is 2. The number of piperazine rings is 1. The van der Waals surface area contributed by atoms with Crippen molar-refractivity contribution in [2.45, 2.75) is 13.0 Å². The first kappa shape index (κ1) is 18.4.